The highest BCUT2D eigenvalue weighted by atomic mass is 16.5. The molecule has 0 fully saturated rings. The van der Waals surface area contributed by atoms with Crippen LogP contribution in [0.2, 0.25) is 0 Å². The van der Waals surface area contributed by atoms with Crippen molar-refractivity contribution in [2.45, 2.75) is 12.6 Å². The molecule has 0 radical (unpaired) electrons. The van der Waals surface area contributed by atoms with Crippen molar-refractivity contribution in [3.63, 3.8) is 0 Å². The van der Waals surface area contributed by atoms with Gasteiger partial charge in [-0.05, 0) is 36.9 Å². The van der Waals surface area contributed by atoms with Crippen LogP contribution in [0.15, 0.2) is 47.1 Å². The number of furan rings is 1. The minimum atomic E-state index is -0.254. The standard InChI is InChI=1S/C17H22N2O4/c1-19(11-17(21)18-10-15-4-3-9-23-15)16(12-20)13-5-7-14(22-2)8-6-13/h3-9,16,20H,10-12H2,1-2H3,(H,18,21). The zero-order chi connectivity index (χ0) is 16.7. The Balaban J connectivity index is 1.90. The van der Waals surface area contributed by atoms with Crippen LogP contribution < -0.4 is 10.1 Å². The van der Waals surface area contributed by atoms with E-state index in [0.29, 0.717) is 12.3 Å². The van der Waals surface area contributed by atoms with Crippen molar-refractivity contribution in [1.29, 1.82) is 0 Å². The summed E-state index contributed by atoms with van der Waals surface area (Å²) in [4.78, 5) is 13.8. The lowest BCUT2D eigenvalue weighted by Crippen LogP contribution is -2.37. The summed E-state index contributed by atoms with van der Waals surface area (Å²) >= 11 is 0. The lowest BCUT2D eigenvalue weighted by molar-refractivity contribution is -0.122. The van der Waals surface area contributed by atoms with E-state index in [0.717, 1.165) is 11.3 Å². The lowest BCUT2D eigenvalue weighted by atomic mass is 10.1. The predicted octanol–water partition coefficient (Wildman–Crippen LogP) is 1.57. The van der Waals surface area contributed by atoms with Crippen LogP contribution in [0.5, 0.6) is 5.75 Å². The molecule has 2 N–H and O–H groups in total. The molecular weight excluding hydrogens is 296 g/mol. The van der Waals surface area contributed by atoms with Gasteiger partial charge in [0.15, 0.2) is 0 Å². The van der Waals surface area contributed by atoms with Crippen LogP contribution in [0, 0.1) is 0 Å². The van der Waals surface area contributed by atoms with Crippen molar-refractivity contribution in [1.82, 2.24) is 10.2 Å². The number of methoxy groups -OCH3 is 1. The molecule has 1 atom stereocenters. The monoisotopic (exact) mass is 318 g/mol. The molecule has 0 aliphatic rings. The zero-order valence-electron chi connectivity index (χ0n) is 13.4. The second kappa shape index (κ2) is 8.36. The van der Waals surface area contributed by atoms with Gasteiger partial charge in [0.2, 0.25) is 5.91 Å². The zero-order valence-corrected chi connectivity index (χ0v) is 13.4. The number of likely N-dealkylation sites (N-methyl/N-ethyl adjacent to an activating group) is 1. The Morgan fingerprint density at radius 1 is 1.35 bits per heavy atom. The van der Waals surface area contributed by atoms with E-state index in [1.807, 2.05) is 24.3 Å². The molecule has 1 heterocycles. The van der Waals surface area contributed by atoms with Gasteiger partial charge in [-0.25, -0.2) is 0 Å². The largest absolute Gasteiger partial charge is 0.497 e. The lowest BCUT2D eigenvalue weighted by Gasteiger charge is -2.26. The van der Waals surface area contributed by atoms with Crippen LogP contribution in [0.1, 0.15) is 17.4 Å². The summed E-state index contributed by atoms with van der Waals surface area (Å²) in [7, 11) is 3.41. The van der Waals surface area contributed by atoms with Crippen LogP contribution >= 0.6 is 0 Å². The van der Waals surface area contributed by atoms with Crippen molar-refractivity contribution in [2.75, 3.05) is 27.3 Å². The highest BCUT2D eigenvalue weighted by Gasteiger charge is 2.18. The third kappa shape index (κ3) is 4.84. The highest BCUT2D eigenvalue weighted by Crippen LogP contribution is 2.21. The Hall–Kier alpha value is -2.31. The summed E-state index contributed by atoms with van der Waals surface area (Å²) < 4.78 is 10.3. The van der Waals surface area contributed by atoms with E-state index in [4.69, 9.17) is 9.15 Å². The van der Waals surface area contributed by atoms with Gasteiger partial charge in [-0.3, -0.25) is 9.69 Å². The molecule has 0 aliphatic heterocycles. The molecule has 2 rings (SSSR count). The van der Waals surface area contributed by atoms with Gasteiger partial charge in [0.1, 0.15) is 11.5 Å². The van der Waals surface area contributed by atoms with Crippen molar-refractivity contribution in [3.05, 3.63) is 54.0 Å². The second-order valence-corrected chi connectivity index (χ2v) is 5.24. The minimum Gasteiger partial charge on any atom is -0.497 e. The summed E-state index contributed by atoms with van der Waals surface area (Å²) in [6, 6.07) is 10.8. The first-order chi connectivity index (χ1) is 11.1. The quantitative estimate of drug-likeness (QED) is 0.773. The van der Waals surface area contributed by atoms with Gasteiger partial charge >= 0.3 is 0 Å². The van der Waals surface area contributed by atoms with Crippen molar-refractivity contribution < 1.29 is 19.1 Å². The SMILES string of the molecule is COc1ccc(C(CO)N(C)CC(=O)NCc2ccco2)cc1. The summed E-state index contributed by atoms with van der Waals surface area (Å²) in [6.45, 7) is 0.457. The number of aliphatic hydroxyl groups excluding tert-OH is 1. The fraction of sp³-hybridized carbons (Fsp3) is 0.353. The third-order valence-corrected chi connectivity index (χ3v) is 3.64. The molecule has 0 aliphatic carbocycles. The number of hydrogen-bond acceptors (Lipinski definition) is 5. The Morgan fingerprint density at radius 2 is 2.09 bits per heavy atom. The Kier molecular flexibility index (Phi) is 6.19. The van der Waals surface area contributed by atoms with E-state index in [9.17, 15) is 9.90 Å². The molecule has 0 saturated heterocycles. The van der Waals surface area contributed by atoms with Crippen LogP contribution in [-0.4, -0.2) is 43.2 Å². The molecule has 6 nitrogen and oxygen atoms in total. The molecule has 6 heteroatoms. The van der Waals surface area contributed by atoms with Gasteiger partial charge in [0.25, 0.3) is 0 Å². The average Bonchev–Trinajstić information content (AvgIpc) is 3.08. The first-order valence-electron chi connectivity index (χ1n) is 7.38. The highest BCUT2D eigenvalue weighted by molar-refractivity contribution is 5.77. The maximum Gasteiger partial charge on any atom is 0.234 e. The van der Waals surface area contributed by atoms with Crippen molar-refractivity contribution in [2.24, 2.45) is 0 Å². The van der Waals surface area contributed by atoms with Gasteiger partial charge < -0.3 is 19.6 Å². The van der Waals surface area contributed by atoms with Crippen LogP contribution in [-0.2, 0) is 11.3 Å². The number of amides is 1. The van der Waals surface area contributed by atoms with Crippen LogP contribution in [0.3, 0.4) is 0 Å². The number of carbonyl (C=O) groups excluding carboxylic acids is 1. The first-order valence-corrected chi connectivity index (χ1v) is 7.38. The normalized spacial score (nSPS) is 12.2. The van der Waals surface area contributed by atoms with Crippen LogP contribution in [0.25, 0.3) is 0 Å². The van der Waals surface area contributed by atoms with Crippen LogP contribution in [0.4, 0.5) is 0 Å². The smallest absolute Gasteiger partial charge is 0.234 e. The molecular formula is C17H22N2O4. The maximum absolute atomic E-state index is 12.0. The van der Waals surface area contributed by atoms with E-state index < -0.39 is 0 Å². The van der Waals surface area contributed by atoms with E-state index in [1.165, 1.54) is 0 Å². The number of aliphatic hydroxyl groups is 1. The molecule has 124 valence electrons. The summed E-state index contributed by atoms with van der Waals surface area (Å²) in [5, 5.41) is 12.4. The maximum atomic E-state index is 12.0. The number of hydrogen-bond donors (Lipinski definition) is 2. The fourth-order valence-electron chi connectivity index (χ4n) is 2.32. The Bertz CT molecular complexity index is 596. The predicted molar refractivity (Wildman–Crippen MR) is 86.0 cm³/mol. The number of ether oxygens (including phenoxy) is 1. The third-order valence-electron chi connectivity index (χ3n) is 3.64. The number of carbonyl (C=O) groups is 1. The molecule has 2 aromatic rings. The van der Waals surface area contributed by atoms with E-state index in [-0.39, 0.29) is 25.1 Å². The summed E-state index contributed by atoms with van der Waals surface area (Å²) in [6.07, 6.45) is 1.57. The number of benzene rings is 1. The van der Waals surface area contributed by atoms with E-state index in [2.05, 4.69) is 5.32 Å². The van der Waals surface area contributed by atoms with E-state index >= 15 is 0 Å². The molecule has 0 spiro atoms. The van der Waals surface area contributed by atoms with E-state index in [1.54, 1.807) is 37.5 Å². The molecule has 1 amide bonds. The molecule has 23 heavy (non-hydrogen) atoms. The van der Waals surface area contributed by atoms with Crippen molar-refractivity contribution >= 4 is 5.91 Å². The number of nitrogens with zero attached hydrogens (tertiary/aromatic N) is 1. The topological polar surface area (TPSA) is 74.9 Å². The van der Waals surface area contributed by atoms with Crippen molar-refractivity contribution in [3.8, 4) is 5.75 Å². The van der Waals surface area contributed by atoms with Gasteiger partial charge in [-0.1, -0.05) is 12.1 Å². The molecule has 0 bridgehead atoms. The number of rotatable bonds is 8. The summed E-state index contributed by atoms with van der Waals surface area (Å²) in [5.41, 5.74) is 0.926. The molecule has 1 unspecified atom stereocenters. The van der Waals surface area contributed by atoms with Gasteiger partial charge in [0.05, 0.1) is 39.1 Å². The molecule has 1 aromatic carbocycles. The van der Waals surface area contributed by atoms with Gasteiger partial charge in [-0.2, -0.15) is 0 Å². The first kappa shape index (κ1) is 17.1. The van der Waals surface area contributed by atoms with Gasteiger partial charge in [0, 0.05) is 0 Å². The summed E-state index contributed by atoms with van der Waals surface area (Å²) in [5.74, 6) is 1.33. The molecule has 1 aromatic heterocycles. The Labute approximate surface area is 135 Å². The fourth-order valence-corrected chi connectivity index (χ4v) is 2.32. The average molecular weight is 318 g/mol. The minimum absolute atomic E-state index is 0.0751. The molecule has 0 saturated carbocycles. The second-order valence-electron chi connectivity index (χ2n) is 5.24. The number of nitrogens with one attached hydrogen (secondary N) is 1. The van der Waals surface area contributed by atoms with Gasteiger partial charge in [-0.15, -0.1) is 0 Å². The Morgan fingerprint density at radius 3 is 2.65 bits per heavy atom.